The third-order valence-corrected chi connectivity index (χ3v) is 1.67. The normalized spacial score (nSPS) is 9.73. The minimum Gasteiger partial charge on any atom is -0.495 e. The lowest BCUT2D eigenvalue weighted by molar-refractivity contribution is 0.409. The van der Waals surface area contributed by atoms with Gasteiger partial charge in [0, 0.05) is 6.07 Å². The van der Waals surface area contributed by atoms with Gasteiger partial charge in [-0.2, -0.15) is 0 Å². The fraction of sp³-hybridized carbons (Fsp3) is 0.286. The van der Waals surface area contributed by atoms with Gasteiger partial charge in [-0.05, 0) is 6.92 Å². The lowest BCUT2D eigenvalue weighted by Crippen LogP contribution is -1.95. The quantitative estimate of drug-likeness (QED) is 0.656. The number of methoxy groups -OCH3 is 1. The van der Waals surface area contributed by atoms with Crippen LogP contribution in [0.4, 0.5) is 5.69 Å². The van der Waals surface area contributed by atoms with Crippen molar-refractivity contribution in [3.8, 4) is 5.75 Å². The smallest absolute Gasteiger partial charge is 0.152 e. The molecule has 1 aromatic rings. The average molecular weight is 173 g/mol. The number of nitrogens with two attached hydrogens (primary N) is 1. The van der Waals surface area contributed by atoms with Gasteiger partial charge in [0.1, 0.15) is 5.75 Å². The van der Waals surface area contributed by atoms with Gasteiger partial charge in [-0.25, -0.2) is 4.98 Å². The van der Waals surface area contributed by atoms with Gasteiger partial charge >= 0.3 is 0 Å². The van der Waals surface area contributed by atoms with E-state index < -0.39 is 0 Å². The van der Waals surface area contributed by atoms with Crippen LogP contribution in [0.15, 0.2) is 6.07 Å². The SMILES string of the molecule is COc1cc(N)c(Cl)nc1C. The standard InChI is InChI=1S/C7H9ClN2O/c1-4-6(11-2)3-5(9)7(8)10-4/h3H,9H2,1-2H3. The van der Waals surface area contributed by atoms with Crippen LogP contribution < -0.4 is 10.5 Å². The highest BCUT2D eigenvalue weighted by atomic mass is 35.5. The van der Waals surface area contributed by atoms with Crippen molar-refractivity contribution >= 4 is 17.3 Å². The van der Waals surface area contributed by atoms with E-state index in [0.29, 0.717) is 16.6 Å². The summed E-state index contributed by atoms with van der Waals surface area (Å²) in [5.74, 6) is 0.659. The van der Waals surface area contributed by atoms with Crippen LogP contribution >= 0.6 is 11.6 Å². The van der Waals surface area contributed by atoms with E-state index >= 15 is 0 Å². The molecule has 0 amide bonds. The lowest BCUT2D eigenvalue weighted by atomic mass is 10.3. The highest BCUT2D eigenvalue weighted by molar-refractivity contribution is 6.31. The summed E-state index contributed by atoms with van der Waals surface area (Å²) in [6.45, 7) is 1.81. The molecule has 0 atom stereocenters. The number of pyridine rings is 1. The molecular weight excluding hydrogens is 164 g/mol. The second-order valence-corrected chi connectivity index (χ2v) is 2.51. The zero-order chi connectivity index (χ0) is 8.43. The number of aryl methyl sites for hydroxylation is 1. The number of hydrogen-bond donors (Lipinski definition) is 1. The molecular formula is C7H9ClN2O. The Balaban J connectivity index is 3.21. The Morgan fingerprint density at radius 3 is 2.82 bits per heavy atom. The first-order valence-electron chi connectivity index (χ1n) is 3.11. The minimum absolute atomic E-state index is 0.323. The Labute approximate surface area is 70.1 Å². The maximum Gasteiger partial charge on any atom is 0.152 e. The summed E-state index contributed by atoms with van der Waals surface area (Å²) in [4.78, 5) is 3.96. The van der Waals surface area contributed by atoms with Crippen LogP contribution in [0.25, 0.3) is 0 Å². The van der Waals surface area contributed by atoms with Crippen LogP contribution in [0.3, 0.4) is 0 Å². The van der Waals surface area contributed by atoms with Crippen molar-refractivity contribution in [2.45, 2.75) is 6.92 Å². The summed E-state index contributed by atoms with van der Waals surface area (Å²) in [6, 6.07) is 1.66. The van der Waals surface area contributed by atoms with Crippen molar-refractivity contribution in [3.63, 3.8) is 0 Å². The Hall–Kier alpha value is -0.960. The first kappa shape index (κ1) is 8.14. The molecule has 0 aliphatic rings. The van der Waals surface area contributed by atoms with E-state index in [4.69, 9.17) is 22.1 Å². The van der Waals surface area contributed by atoms with Crippen LogP contribution in [-0.2, 0) is 0 Å². The molecule has 2 N–H and O–H groups in total. The van der Waals surface area contributed by atoms with Crippen LogP contribution in [0, 0.1) is 6.92 Å². The topological polar surface area (TPSA) is 48.1 Å². The summed E-state index contributed by atoms with van der Waals surface area (Å²) < 4.78 is 4.98. The second kappa shape index (κ2) is 2.96. The van der Waals surface area contributed by atoms with E-state index in [0.717, 1.165) is 5.69 Å². The van der Waals surface area contributed by atoms with E-state index in [9.17, 15) is 0 Å². The number of hydrogen-bond acceptors (Lipinski definition) is 3. The molecule has 0 spiro atoms. The van der Waals surface area contributed by atoms with Crippen molar-refractivity contribution in [2.24, 2.45) is 0 Å². The molecule has 4 heteroatoms. The monoisotopic (exact) mass is 172 g/mol. The number of rotatable bonds is 1. The van der Waals surface area contributed by atoms with Gasteiger partial charge in [-0.1, -0.05) is 11.6 Å². The molecule has 0 aromatic carbocycles. The zero-order valence-electron chi connectivity index (χ0n) is 6.39. The Morgan fingerprint density at radius 2 is 2.27 bits per heavy atom. The van der Waals surface area contributed by atoms with Gasteiger partial charge in [0.15, 0.2) is 5.15 Å². The number of anilines is 1. The van der Waals surface area contributed by atoms with Gasteiger partial charge < -0.3 is 10.5 Å². The fourth-order valence-electron chi connectivity index (χ4n) is 0.779. The van der Waals surface area contributed by atoms with Crippen molar-refractivity contribution < 1.29 is 4.74 Å². The van der Waals surface area contributed by atoms with Crippen LogP contribution in [0.1, 0.15) is 5.69 Å². The second-order valence-electron chi connectivity index (χ2n) is 2.16. The Bertz CT molecular complexity index is 275. The van der Waals surface area contributed by atoms with Crippen molar-refractivity contribution in [1.29, 1.82) is 0 Å². The summed E-state index contributed by atoms with van der Waals surface area (Å²) >= 11 is 5.65. The van der Waals surface area contributed by atoms with E-state index in [1.807, 2.05) is 6.92 Å². The van der Waals surface area contributed by atoms with Gasteiger partial charge in [0.25, 0.3) is 0 Å². The zero-order valence-corrected chi connectivity index (χ0v) is 7.14. The molecule has 0 unspecified atom stereocenters. The molecule has 1 heterocycles. The largest absolute Gasteiger partial charge is 0.495 e. The summed E-state index contributed by atoms with van der Waals surface area (Å²) in [7, 11) is 1.57. The maximum absolute atomic E-state index is 5.65. The first-order chi connectivity index (χ1) is 5.15. The third-order valence-electron chi connectivity index (χ3n) is 1.37. The minimum atomic E-state index is 0.323. The molecule has 3 nitrogen and oxygen atoms in total. The molecule has 1 rings (SSSR count). The van der Waals surface area contributed by atoms with Gasteiger partial charge in [0.2, 0.25) is 0 Å². The van der Waals surface area contributed by atoms with E-state index in [1.54, 1.807) is 13.2 Å². The van der Waals surface area contributed by atoms with Crippen LogP contribution in [0.2, 0.25) is 5.15 Å². The molecule has 11 heavy (non-hydrogen) atoms. The van der Waals surface area contributed by atoms with Crippen molar-refractivity contribution in [3.05, 3.63) is 16.9 Å². The molecule has 0 fully saturated rings. The summed E-state index contributed by atoms with van der Waals surface area (Å²) in [6.07, 6.45) is 0. The molecule has 0 radical (unpaired) electrons. The number of nitrogens with zero attached hydrogens (tertiary/aromatic N) is 1. The van der Waals surface area contributed by atoms with Gasteiger partial charge in [-0.3, -0.25) is 0 Å². The molecule has 0 aliphatic carbocycles. The third kappa shape index (κ3) is 1.54. The summed E-state index contributed by atoms with van der Waals surface area (Å²) in [5.41, 5.74) is 6.67. The van der Waals surface area contributed by atoms with Gasteiger partial charge in [-0.15, -0.1) is 0 Å². The fourth-order valence-corrected chi connectivity index (χ4v) is 0.960. The van der Waals surface area contributed by atoms with E-state index in [-0.39, 0.29) is 0 Å². The number of aromatic nitrogens is 1. The number of nitrogen functional groups attached to an aromatic ring is 1. The van der Waals surface area contributed by atoms with Crippen LogP contribution in [-0.4, -0.2) is 12.1 Å². The molecule has 0 saturated heterocycles. The molecule has 1 aromatic heterocycles. The maximum atomic E-state index is 5.65. The Morgan fingerprint density at radius 1 is 1.64 bits per heavy atom. The Kier molecular flexibility index (Phi) is 2.19. The summed E-state index contributed by atoms with van der Waals surface area (Å²) in [5, 5.41) is 0.323. The first-order valence-corrected chi connectivity index (χ1v) is 3.49. The highest BCUT2D eigenvalue weighted by Gasteiger charge is 2.03. The molecule has 0 aliphatic heterocycles. The van der Waals surface area contributed by atoms with E-state index in [1.165, 1.54) is 0 Å². The lowest BCUT2D eigenvalue weighted by Gasteiger charge is -2.04. The number of ether oxygens (including phenoxy) is 1. The predicted octanol–water partition coefficient (Wildman–Crippen LogP) is 1.63. The number of halogens is 1. The molecule has 0 bridgehead atoms. The van der Waals surface area contributed by atoms with Crippen molar-refractivity contribution in [2.75, 3.05) is 12.8 Å². The van der Waals surface area contributed by atoms with E-state index in [2.05, 4.69) is 4.98 Å². The molecule has 0 saturated carbocycles. The predicted molar refractivity (Wildman–Crippen MR) is 44.9 cm³/mol. The molecule has 60 valence electrons. The van der Waals surface area contributed by atoms with Gasteiger partial charge in [0.05, 0.1) is 18.5 Å². The average Bonchev–Trinajstić information content (AvgIpc) is 1.97. The highest BCUT2D eigenvalue weighted by Crippen LogP contribution is 2.24. The van der Waals surface area contributed by atoms with Crippen molar-refractivity contribution in [1.82, 2.24) is 4.98 Å². The van der Waals surface area contributed by atoms with Crippen LogP contribution in [0.5, 0.6) is 5.75 Å².